The van der Waals surface area contributed by atoms with Gasteiger partial charge in [-0.15, -0.1) is 6.58 Å². The van der Waals surface area contributed by atoms with Crippen LogP contribution in [0.3, 0.4) is 0 Å². The van der Waals surface area contributed by atoms with Crippen LogP contribution in [0.4, 0.5) is 0 Å². The minimum Gasteiger partial charge on any atom is -0.271 e. The maximum absolute atomic E-state index is 5.47. The maximum Gasteiger partial charge on any atom is 0.0478 e. The Bertz CT molecular complexity index is 301. The van der Waals surface area contributed by atoms with Crippen molar-refractivity contribution in [2.24, 2.45) is 5.84 Å². The molecule has 4 heteroatoms. The zero-order valence-corrected chi connectivity index (χ0v) is 9.50. The van der Waals surface area contributed by atoms with Crippen molar-refractivity contribution in [3.8, 4) is 0 Å². The number of rotatable bonds is 5. The molecule has 1 unspecified atom stereocenters. The average molecular weight is 256 g/mol. The van der Waals surface area contributed by atoms with Crippen molar-refractivity contribution in [3.05, 3.63) is 41.2 Å². The van der Waals surface area contributed by atoms with Gasteiger partial charge >= 0.3 is 0 Å². The van der Waals surface area contributed by atoms with Gasteiger partial charge in [0.15, 0.2) is 0 Å². The summed E-state index contributed by atoms with van der Waals surface area (Å²) in [6, 6.07) is 2.15. The Balaban J connectivity index is 2.72. The lowest BCUT2D eigenvalue weighted by Crippen LogP contribution is -2.27. The van der Waals surface area contributed by atoms with Crippen molar-refractivity contribution in [3.63, 3.8) is 0 Å². The molecule has 0 aliphatic rings. The van der Waals surface area contributed by atoms with Gasteiger partial charge in [-0.25, -0.2) is 0 Å². The number of nitrogens with zero attached hydrogens (tertiary/aromatic N) is 1. The Morgan fingerprint density at radius 3 is 3.00 bits per heavy atom. The monoisotopic (exact) mass is 255 g/mol. The molecule has 3 nitrogen and oxygen atoms in total. The Kier molecular flexibility index (Phi) is 4.79. The number of nitrogens with one attached hydrogen (secondary N) is 1. The number of halogens is 1. The number of aromatic nitrogens is 1. The molecule has 0 saturated carbocycles. The molecule has 3 N–H and O–H groups in total. The number of nitrogens with two attached hydrogens (primary N) is 1. The molecule has 0 fully saturated rings. The van der Waals surface area contributed by atoms with Crippen molar-refractivity contribution >= 4 is 15.9 Å². The van der Waals surface area contributed by atoms with Gasteiger partial charge in [-0.05, 0) is 40.4 Å². The van der Waals surface area contributed by atoms with Gasteiger partial charge in [-0.2, -0.15) is 0 Å². The third kappa shape index (κ3) is 3.21. The molecular weight excluding hydrogens is 242 g/mol. The van der Waals surface area contributed by atoms with E-state index in [4.69, 9.17) is 5.84 Å². The summed E-state index contributed by atoms with van der Waals surface area (Å²) in [6.07, 6.45) is 7.32. The van der Waals surface area contributed by atoms with Crippen LogP contribution in [-0.4, -0.2) is 4.98 Å². The fourth-order valence-electron chi connectivity index (χ4n) is 1.25. The third-order valence-electron chi connectivity index (χ3n) is 1.99. The molecule has 1 atom stereocenters. The molecule has 0 saturated heterocycles. The molecule has 14 heavy (non-hydrogen) atoms. The highest BCUT2D eigenvalue weighted by molar-refractivity contribution is 9.10. The summed E-state index contributed by atoms with van der Waals surface area (Å²) in [7, 11) is 0. The fourth-order valence-corrected chi connectivity index (χ4v) is 1.63. The smallest absolute Gasteiger partial charge is 0.0478 e. The predicted octanol–water partition coefficient (Wildman–Crippen LogP) is 2.31. The lowest BCUT2D eigenvalue weighted by atomic mass is 10.1. The van der Waals surface area contributed by atoms with E-state index < -0.39 is 0 Å². The van der Waals surface area contributed by atoms with Crippen LogP contribution in [0.1, 0.15) is 24.4 Å². The summed E-state index contributed by atoms with van der Waals surface area (Å²) in [5, 5.41) is 0. The Hall–Kier alpha value is -0.710. The van der Waals surface area contributed by atoms with Crippen molar-refractivity contribution in [1.29, 1.82) is 0 Å². The highest BCUT2D eigenvalue weighted by Gasteiger charge is 2.08. The van der Waals surface area contributed by atoms with Crippen LogP contribution < -0.4 is 11.3 Å². The standard InChI is InChI=1S/C10H14BrN3/c1-2-3-4-10(14-12)8-5-9(11)7-13-6-8/h2,5-7,10,14H,1,3-4,12H2. The number of pyridine rings is 1. The Morgan fingerprint density at radius 1 is 1.64 bits per heavy atom. The van der Waals surface area contributed by atoms with Crippen LogP contribution >= 0.6 is 15.9 Å². The molecule has 0 spiro atoms. The van der Waals surface area contributed by atoms with Gasteiger partial charge in [0.1, 0.15) is 0 Å². The number of allylic oxidation sites excluding steroid dienone is 1. The summed E-state index contributed by atoms with van der Waals surface area (Å²) in [6.45, 7) is 3.68. The quantitative estimate of drug-likeness (QED) is 0.483. The first-order valence-corrected chi connectivity index (χ1v) is 5.24. The van der Waals surface area contributed by atoms with E-state index in [9.17, 15) is 0 Å². The summed E-state index contributed by atoms with van der Waals surface area (Å²) >= 11 is 3.38. The van der Waals surface area contributed by atoms with Gasteiger partial charge in [0.25, 0.3) is 0 Å². The molecule has 0 aliphatic carbocycles. The Morgan fingerprint density at radius 2 is 2.43 bits per heavy atom. The molecule has 76 valence electrons. The first-order valence-electron chi connectivity index (χ1n) is 4.45. The lowest BCUT2D eigenvalue weighted by Gasteiger charge is -2.14. The van der Waals surface area contributed by atoms with Crippen molar-refractivity contribution in [2.75, 3.05) is 0 Å². The second-order valence-electron chi connectivity index (χ2n) is 3.02. The topological polar surface area (TPSA) is 50.9 Å². The lowest BCUT2D eigenvalue weighted by molar-refractivity contribution is 0.519. The molecule has 0 aromatic carbocycles. The fraction of sp³-hybridized carbons (Fsp3) is 0.300. The highest BCUT2D eigenvalue weighted by atomic mass is 79.9. The SMILES string of the molecule is C=CCCC(NN)c1cncc(Br)c1. The molecule has 1 rings (SSSR count). The van der Waals surface area contributed by atoms with Crippen LogP contribution in [0.2, 0.25) is 0 Å². The van der Waals surface area contributed by atoms with Gasteiger partial charge in [-0.3, -0.25) is 16.3 Å². The van der Waals surface area contributed by atoms with Gasteiger partial charge in [0.2, 0.25) is 0 Å². The normalized spacial score (nSPS) is 12.4. The van der Waals surface area contributed by atoms with Crippen LogP contribution in [0.15, 0.2) is 35.6 Å². The number of hydrazine groups is 1. The Labute approximate surface area is 92.5 Å². The van der Waals surface area contributed by atoms with Crippen LogP contribution in [-0.2, 0) is 0 Å². The summed E-state index contributed by atoms with van der Waals surface area (Å²) < 4.78 is 0.967. The zero-order chi connectivity index (χ0) is 10.4. The molecule has 1 aromatic heterocycles. The van der Waals surface area contributed by atoms with E-state index in [0.717, 1.165) is 22.9 Å². The third-order valence-corrected chi connectivity index (χ3v) is 2.42. The van der Waals surface area contributed by atoms with Crippen LogP contribution in [0.25, 0.3) is 0 Å². The molecule has 1 aromatic rings. The average Bonchev–Trinajstić information content (AvgIpc) is 2.19. The number of hydrogen-bond donors (Lipinski definition) is 2. The van der Waals surface area contributed by atoms with Gasteiger partial charge < -0.3 is 0 Å². The van der Waals surface area contributed by atoms with E-state index in [1.54, 1.807) is 6.20 Å². The second-order valence-corrected chi connectivity index (χ2v) is 3.94. The van der Waals surface area contributed by atoms with Crippen molar-refractivity contribution < 1.29 is 0 Å². The van der Waals surface area contributed by atoms with Crippen molar-refractivity contribution in [1.82, 2.24) is 10.4 Å². The predicted molar refractivity (Wildman–Crippen MR) is 61.4 cm³/mol. The van der Waals surface area contributed by atoms with Crippen LogP contribution in [0.5, 0.6) is 0 Å². The molecular formula is C10H14BrN3. The minimum absolute atomic E-state index is 0.137. The first-order chi connectivity index (χ1) is 6.77. The van der Waals surface area contributed by atoms with Gasteiger partial charge in [0, 0.05) is 22.9 Å². The summed E-state index contributed by atoms with van der Waals surface area (Å²) in [5.41, 5.74) is 3.86. The van der Waals surface area contributed by atoms with Crippen molar-refractivity contribution in [2.45, 2.75) is 18.9 Å². The minimum atomic E-state index is 0.137. The highest BCUT2D eigenvalue weighted by Crippen LogP contribution is 2.19. The van der Waals surface area contributed by atoms with Gasteiger partial charge in [0.05, 0.1) is 0 Å². The van der Waals surface area contributed by atoms with E-state index in [2.05, 4.69) is 32.9 Å². The first kappa shape index (κ1) is 11.4. The van der Waals surface area contributed by atoms with E-state index in [1.165, 1.54) is 0 Å². The van der Waals surface area contributed by atoms with Gasteiger partial charge in [-0.1, -0.05) is 6.08 Å². The molecule has 0 radical (unpaired) electrons. The van der Waals surface area contributed by atoms with E-state index >= 15 is 0 Å². The summed E-state index contributed by atoms with van der Waals surface area (Å²) in [5.74, 6) is 5.47. The second kappa shape index (κ2) is 5.90. The molecule has 0 amide bonds. The molecule has 0 bridgehead atoms. The number of hydrogen-bond acceptors (Lipinski definition) is 3. The largest absolute Gasteiger partial charge is 0.271 e. The summed E-state index contributed by atoms with van der Waals surface area (Å²) in [4.78, 5) is 4.09. The maximum atomic E-state index is 5.47. The van der Waals surface area contributed by atoms with Crippen LogP contribution in [0, 0.1) is 0 Å². The van der Waals surface area contributed by atoms with E-state index in [0.29, 0.717) is 0 Å². The molecule has 1 heterocycles. The van der Waals surface area contributed by atoms with E-state index in [1.807, 2.05) is 18.3 Å². The zero-order valence-electron chi connectivity index (χ0n) is 7.91. The molecule has 0 aliphatic heterocycles. The van der Waals surface area contributed by atoms with E-state index in [-0.39, 0.29) is 6.04 Å².